The third-order valence-electron chi connectivity index (χ3n) is 1.84. The Bertz CT molecular complexity index is 189. The molecule has 1 unspecified atom stereocenters. The molecule has 1 aliphatic carbocycles. The Morgan fingerprint density at radius 2 is 2.50 bits per heavy atom. The van der Waals surface area contributed by atoms with Crippen LogP contribution in [0.2, 0.25) is 0 Å². The van der Waals surface area contributed by atoms with Gasteiger partial charge in [0.25, 0.3) is 0 Å². The SMILES string of the molecule is C=C(C)C1CCC=CC1=O. The predicted octanol–water partition coefficient (Wildman–Crippen LogP) is 2.10. The monoisotopic (exact) mass is 136 g/mol. The van der Waals surface area contributed by atoms with Gasteiger partial charge in [-0.1, -0.05) is 18.2 Å². The molecule has 10 heavy (non-hydrogen) atoms. The minimum Gasteiger partial charge on any atom is -0.294 e. The molecule has 54 valence electrons. The Morgan fingerprint density at radius 3 is 2.90 bits per heavy atom. The highest BCUT2D eigenvalue weighted by Crippen LogP contribution is 2.20. The molecule has 1 atom stereocenters. The third kappa shape index (κ3) is 1.35. The quantitative estimate of drug-likeness (QED) is 0.504. The fraction of sp³-hybridized carbons (Fsp3) is 0.444. The van der Waals surface area contributed by atoms with E-state index in [2.05, 4.69) is 6.58 Å². The molecule has 0 aromatic rings. The number of carbonyl (C=O) groups is 1. The molecule has 0 saturated carbocycles. The molecule has 0 aliphatic heterocycles. The molecule has 1 rings (SSSR count). The van der Waals surface area contributed by atoms with E-state index in [9.17, 15) is 4.79 Å². The second-order valence-corrected chi connectivity index (χ2v) is 2.78. The van der Waals surface area contributed by atoms with Crippen molar-refractivity contribution in [1.82, 2.24) is 0 Å². The molecule has 0 radical (unpaired) electrons. The van der Waals surface area contributed by atoms with Gasteiger partial charge < -0.3 is 0 Å². The fourth-order valence-electron chi connectivity index (χ4n) is 1.21. The van der Waals surface area contributed by atoms with Crippen molar-refractivity contribution >= 4 is 5.78 Å². The summed E-state index contributed by atoms with van der Waals surface area (Å²) in [5, 5.41) is 0. The molecule has 0 spiro atoms. The standard InChI is InChI=1S/C9H12O/c1-7(2)8-5-3-4-6-9(8)10/h4,6,8H,1,3,5H2,2H3. The van der Waals surface area contributed by atoms with Crippen LogP contribution >= 0.6 is 0 Å². The highest BCUT2D eigenvalue weighted by molar-refractivity contribution is 5.94. The topological polar surface area (TPSA) is 17.1 Å². The van der Waals surface area contributed by atoms with Crippen LogP contribution in [-0.4, -0.2) is 5.78 Å². The maximum absolute atomic E-state index is 11.1. The van der Waals surface area contributed by atoms with Crippen LogP contribution in [0.3, 0.4) is 0 Å². The molecule has 0 N–H and O–H groups in total. The normalized spacial score (nSPS) is 24.9. The molecule has 0 bridgehead atoms. The van der Waals surface area contributed by atoms with Crippen LogP contribution in [0.25, 0.3) is 0 Å². The molecule has 0 aromatic heterocycles. The number of ketones is 1. The van der Waals surface area contributed by atoms with Gasteiger partial charge >= 0.3 is 0 Å². The van der Waals surface area contributed by atoms with Crippen LogP contribution in [0.15, 0.2) is 24.3 Å². The molecule has 0 heterocycles. The summed E-state index contributed by atoms with van der Waals surface area (Å²) < 4.78 is 0. The summed E-state index contributed by atoms with van der Waals surface area (Å²) in [5.41, 5.74) is 0.995. The first kappa shape index (κ1) is 7.26. The second kappa shape index (κ2) is 2.82. The average Bonchev–Trinajstić information content (AvgIpc) is 1.88. The van der Waals surface area contributed by atoms with Gasteiger partial charge in [0.15, 0.2) is 5.78 Å². The first-order chi connectivity index (χ1) is 4.72. The smallest absolute Gasteiger partial charge is 0.162 e. The third-order valence-corrected chi connectivity index (χ3v) is 1.84. The van der Waals surface area contributed by atoms with Crippen LogP contribution in [0.4, 0.5) is 0 Å². The number of hydrogen-bond acceptors (Lipinski definition) is 1. The van der Waals surface area contributed by atoms with Crippen molar-refractivity contribution in [2.45, 2.75) is 19.8 Å². The molecule has 0 amide bonds. The maximum Gasteiger partial charge on any atom is 0.162 e. The van der Waals surface area contributed by atoms with Gasteiger partial charge in [-0.3, -0.25) is 4.79 Å². The van der Waals surface area contributed by atoms with Gasteiger partial charge in [-0.05, 0) is 25.8 Å². The second-order valence-electron chi connectivity index (χ2n) is 2.78. The van der Waals surface area contributed by atoms with Crippen molar-refractivity contribution in [2.75, 3.05) is 0 Å². The van der Waals surface area contributed by atoms with Crippen LogP contribution in [0.5, 0.6) is 0 Å². The van der Waals surface area contributed by atoms with Gasteiger partial charge in [-0.15, -0.1) is 0 Å². The van der Waals surface area contributed by atoms with Gasteiger partial charge in [-0.2, -0.15) is 0 Å². The Balaban J connectivity index is 2.70. The van der Waals surface area contributed by atoms with E-state index < -0.39 is 0 Å². The number of hydrogen-bond donors (Lipinski definition) is 0. The molecular weight excluding hydrogens is 124 g/mol. The van der Waals surface area contributed by atoms with Crippen molar-refractivity contribution in [2.24, 2.45) is 5.92 Å². The lowest BCUT2D eigenvalue weighted by Crippen LogP contribution is -2.15. The van der Waals surface area contributed by atoms with Gasteiger partial charge in [0.2, 0.25) is 0 Å². The number of rotatable bonds is 1. The highest BCUT2D eigenvalue weighted by Gasteiger charge is 2.18. The predicted molar refractivity (Wildman–Crippen MR) is 41.7 cm³/mol. The van der Waals surface area contributed by atoms with E-state index in [0.29, 0.717) is 0 Å². The zero-order valence-electron chi connectivity index (χ0n) is 6.26. The van der Waals surface area contributed by atoms with Crippen molar-refractivity contribution in [3.8, 4) is 0 Å². The van der Waals surface area contributed by atoms with Gasteiger partial charge in [-0.25, -0.2) is 0 Å². The van der Waals surface area contributed by atoms with E-state index in [1.54, 1.807) is 6.08 Å². The van der Waals surface area contributed by atoms with E-state index >= 15 is 0 Å². The minimum absolute atomic E-state index is 0.102. The number of allylic oxidation sites excluding steroid dienone is 3. The maximum atomic E-state index is 11.1. The summed E-state index contributed by atoms with van der Waals surface area (Å²) in [6.45, 7) is 5.69. The van der Waals surface area contributed by atoms with Gasteiger partial charge in [0.05, 0.1) is 0 Å². The fourth-order valence-corrected chi connectivity index (χ4v) is 1.21. The molecule has 1 heteroatoms. The summed E-state index contributed by atoms with van der Waals surface area (Å²) in [5.74, 6) is 0.323. The lowest BCUT2D eigenvalue weighted by molar-refractivity contribution is -0.117. The zero-order chi connectivity index (χ0) is 7.56. The first-order valence-electron chi connectivity index (χ1n) is 3.57. The number of carbonyl (C=O) groups excluding carboxylic acids is 1. The summed E-state index contributed by atoms with van der Waals surface area (Å²) >= 11 is 0. The van der Waals surface area contributed by atoms with Crippen molar-refractivity contribution in [1.29, 1.82) is 0 Å². The molecule has 0 fully saturated rings. The molecular formula is C9H12O. The Kier molecular flexibility index (Phi) is 2.05. The zero-order valence-corrected chi connectivity index (χ0v) is 6.26. The average molecular weight is 136 g/mol. The molecule has 1 nitrogen and oxygen atoms in total. The minimum atomic E-state index is 0.102. The van der Waals surface area contributed by atoms with Crippen molar-refractivity contribution < 1.29 is 4.79 Å². The Labute approximate surface area is 61.4 Å². The highest BCUT2D eigenvalue weighted by atomic mass is 16.1. The Morgan fingerprint density at radius 1 is 1.80 bits per heavy atom. The summed E-state index contributed by atoms with van der Waals surface area (Å²) in [6.07, 6.45) is 5.57. The summed E-state index contributed by atoms with van der Waals surface area (Å²) in [4.78, 5) is 11.1. The van der Waals surface area contributed by atoms with Crippen LogP contribution < -0.4 is 0 Å². The van der Waals surface area contributed by atoms with Crippen LogP contribution in [0, 0.1) is 5.92 Å². The van der Waals surface area contributed by atoms with Crippen molar-refractivity contribution in [3.63, 3.8) is 0 Å². The lowest BCUT2D eigenvalue weighted by atomic mass is 9.88. The van der Waals surface area contributed by atoms with Crippen molar-refractivity contribution in [3.05, 3.63) is 24.3 Å². The van der Waals surface area contributed by atoms with E-state index in [4.69, 9.17) is 0 Å². The first-order valence-corrected chi connectivity index (χ1v) is 3.57. The molecule has 1 aliphatic rings. The van der Waals surface area contributed by atoms with Crippen LogP contribution in [-0.2, 0) is 4.79 Å². The summed E-state index contributed by atoms with van der Waals surface area (Å²) in [6, 6.07) is 0. The molecule has 0 aromatic carbocycles. The van der Waals surface area contributed by atoms with Crippen LogP contribution in [0.1, 0.15) is 19.8 Å². The lowest BCUT2D eigenvalue weighted by Gasteiger charge is -2.15. The largest absolute Gasteiger partial charge is 0.294 e. The van der Waals surface area contributed by atoms with Gasteiger partial charge in [0, 0.05) is 5.92 Å². The summed E-state index contributed by atoms with van der Waals surface area (Å²) in [7, 11) is 0. The van der Waals surface area contributed by atoms with E-state index in [1.165, 1.54) is 0 Å². The van der Waals surface area contributed by atoms with E-state index in [-0.39, 0.29) is 11.7 Å². The Hall–Kier alpha value is -0.850. The van der Waals surface area contributed by atoms with E-state index in [0.717, 1.165) is 18.4 Å². The van der Waals surface area contributed by atoms with E-state index in [1.807, 2.05) is 13.0 Å². The molecule has 0 saturated heterocycles. The van der Waals surface area contributed by atoms with Gasteiger partial charge in [0.1, 0.15) is 0 Å².